The molecule has 0 aromatic heterocycles. The van der Waals surface area contributed by atoms with Gasteiger partial charge in [-0.05, 0) is 122 Å². The minimum Gasteiger partial charge on any atom is -0.0619 e. The topological polar surface area (TPSA) is 0 Å². The molecule has 0 nitrogen and oxygen atoms in total. The second-order valence-electron chi connectivity index (χ2n) is 13.9. The van der Waals surface area contributed by atoms with Crippen molar-refractivity contribution in [2.24, 2.45) is 0 Å². The normalized spacial score (nSPS) is 13.9. The van der Waals surface area contributed by atoms with Crippen molar-refractivity contribution < 1.29 is 0 Å². The maximum atomic E-state index is 2.57. The molecule has 9 aromatic carbocycles. The average molecular weight is 617 g/mol. The lowest BCUT2D eigenvalue weighted by Crippen LogP contribution is -2.25. The van der Waals surface area contributed by atoms with Gasteiger partial charge in [0.25, 0.3) is 0 Å². The van der Waals surface area contributed by atoms with Gasteiger partial charge in [0.2, 0.25) is 0 Å². The Hall–Kier alpha value is -6.24. The zero-order valence-corrected chi connectivity index (χ0v) is 26.7. The Balaban J connectivity index is 1.18. The lowest BCUT2D eigenvalue weighted by Gasteiger charge is -2.30. The number of hydrogen-bond donors (Lipinski definition) is 0. The van der Waals surface area contributed by atoms with Crippen molar-refractivity contribution in [3.63, 3.8) is 0 Å². The first-order valence-corrected chi connectivity index (χ1v) is 17.3. The molecule has 0 unspecified atom stereocenters. The molecule has 224 valence electrons. The van der Waals surface area contributed by atoms with E-state index in [1.165, 1.54) is 110 Å². The third kappa shape index (κ3) is 3.02. The van der Waals surface area contributed by atoms with Crippen molar-refractivity contribution in [3.8, 4) is 55.6 Å². The van der Waals surface area contributed by atoms with Gasteiger partial charge in [-0.3, -0.25) is 0 Å². The summed E-state index contributed by atoms with van der Waals surface area (Å²) in [5.74, 6) is 0. The Labute approximate surface area is 284 Å². The molecule has 0 heterocycles. The van der Waals surface area contributed by atoms with Crippen molar-refractivity contribution in [1.82, 2.24) is 0 Å². The molecule has 0 saturated carbocycles. The Kier molecular flexibility index (Phi) is 4.74. The number of fused-ring (bicyclic) bond motifs is 17. The highest BCUT2D eigenvalue weighted by Gasteiger charge is 2.52. The molecule has 0 saturated heterocycles. The Morgan fingerprint density at radius 2 is 0.837 bits per heavy atom. The fraction of sp³-hybridized carbons (Fsp3) is 0.0204. The van der Waals surface area contributed by atoms with E-state index in [1.54, 1.807) is 0 Å². The maximum absolute atomic E-state index is 2.57. The summed E-state index contributed by atoms with van der Waals surface area (Å²) in [7, 11) is 0. The molecule has 49 heavy (non-hydrogen) atoms. The van der Waals surface area contributed by atoms with E-state index in [4.69, 9.17) is 0 Å². The van der Waals surface area contributed by atoms with E-state index in [2.05, 4.69) is 170 Å². The van der Waals surface area contributed by atoms with E-state index >= 15 is 0 Å². The minimum atomic E-state index is -0.362. The SMILES string of the molecule is c1ccc2c(c1)-c1ccccc1C21c2ccccc2-c2c1cc1c3c(cccc23)-c2c(-c3ccc4ccc5ccccc5c4c3)cccc2-1. The van der Waals surface area contributed by atoms with Crippen molar-refractivity contribution in [2.75, 3.05) is 0 Å². The van der Waals surface area contributed by atoms with Crippen LogP contribution in [0.4, 0.5) is 0 Å². The van der Waals surface area contributed by atoms with Crippen LogP contribution in [0.2, 0.25) is 0 Å². The number of hydrogen-bond acceptors (Lipinski definition) is 0. The maximum Gasteiger partial charge on any atom is 0.0725 e. The smallest absolute Gasteiger partial charge is 0.0619 e. The monoisotopic (exact) mass is 616 g/mol. The first-order chi connectivity index (χ1) is 24.3. The molecule has 0 aliphatic heterocycles. The van der Waals surface area contributed by atoms with Gasteiger partial charge in [0.1, 0.15) is 0 Å². The minimum absolute atomic E-state index is 0.362. The van der Waals surface area contributed by atoms with Gasteiger partial charge in [0.05, 0.1) is 5.41 Å². The molecule has 0 fully saturated rings. The molecule has 1 spiro atoms. The predicted octanol–water partition coefficient (Wildman–Crippen LogP) is 12.8. The van der Waals surface area contributed by atoms with Crippen LogP contribution in [0.5, 0.6) is 0 Å². The van der Waals surface area contributed by atoms with Gasteiger partial charge in [-0.25, -0.2) is 0 Å². The lowest BCUT2D eigenvalue weighted by atomic mass is 9.70. The second kappa shape index (κ2) is 9.01. The summed E-state index contributed by atoms with van der Waals surface area (Å²) in [4.78, 5) is 0. The first kappa shape index (κ1) is 25.8. The second-order valence-corrected chi connectivity index (χ2v) is 13.9. The third-order valence-electron chi connectivity index (χ3n) is 11.8. The molecule has 3 aliphatic rings. The highest BCUT2D eigenvalue weighted by Crippen LogP contribution is 2.65. The lowest BCUT2D eigenvalue weighted by molar-refractivity contribution is 0.795. The molecule has 0 heteroatoms. The first-order valence-electron chi connectivity index (χ1n) is 17.3. The van der Waals surface area contributed by atoms with E-state index < -0.39 is 0 Å². The third-order valence-corrected chi connectivity index (χ3v) is 11.8. The van der Waals surface area contributed by atoms with Crippen molar-refractivity contribution in [2.45, 2.75) is 5.41 Å². The van der Waals surface area contributed by atoms with Gasteiger partial charge in [0.15, 0.2) is 0 Å². The Bertz CT molecular complexity index is 2890. The summed E-state index contributed by atoms with van der Waals surface area (Å²) in [5, 5.41) is 7.89. The molecule has 0 N–H and O–H groups in total. The van der Waals surface area contributed by atoms with Gasteiger partial charge >= 0.3 is 0 Å². The van der Waals surface area contributed by atoms with Crippen LogP contribution in [0.1, 0.15) is 22.3 Å². The van der Waals surface area contributed by atoms with Gasteiger partial charge < -0.3 is 0 Å². The van der Waals surface area contributed by atoms with Gasteiger partial charge in [-0.2, -0.15) is 0 Å². The van der Waals surface area contributed by atoms with Crippen LogP contribution in [0.25, 0.3) is 88.0 Å². The molecule has 3 aliphatic carbocycles. The molecule has 9 aromatic rings. The highest BCUT2D eigenvalue weighted by molar-refractivity contribution is 6.23. The van der Waals surface area contributed by atoms with Crippen LogP contribution in [0.15, 0.2) is 170 Å². The van der Waals surface area contributed by atoms with Crippen LogP contribution >= 0.6 is 0 Å². The van der Waals surface area contributed by atoms with Crippen LogP contribution in [0.3, 0.4) is 0 Å². The molecular weight excluding hydrogens is 589 g/mol. The fourth-order valence-electron chi connectivity index (χ4n) is 9.96. The van der Waals surface area contributed by atoms with E-state index in [0.29, 0.717) is 0 Å². The van der Waals surface area contributed by atoms with Gasteiger partial charge in [-0.15, -0.1) is 0 Å². The number of benzene rings is 9. The molecular formula is C49H28. The Morgan fingerprint density at radius 1 is 0.286 bits per heavy atom. The van der Waals surface area contributed by atoms with Crippen LogP contribution in [-0.4, -0.2) is 0 Å². The largest absolute Gasteiger partial charge is 0.0725 e. The standard InChI is InChI=1S/C49H28/c1-2-12-32-29(11-1)23-24-30-25-26-31(27-40(30)32)33-16-9-17-36-41-28-45-48(39-19-10-18-38(46(33)36)47(39)41)37-15-5-8-22-44(37)49(45)42-20-6-3-13-34(42)35-14-4-7-21-43(35)49/h1-28H. The van der Waals surface area contributed by atoms with Gasteiger partial charge in [-0.1, -0.05) is 158 Å². The summed E-state index contributed by atoms with van der Waals surface area (Å²) in [6, 6.07) is 64.1. The summed E-state index contributed by atoms with van der Waals surface area (Å²) in [6.45, 7) is 0. The summed E-state index contributed by atoms with van der Waals surface area (Å²) >= 11 is 0. The molecule has 0 radical (unpaired) electrons. The summed E-state index contributed by atoms with van der Waals surface area (Å²) in [5.41, 5.74) is 18.6. The van der Waals surface area contributed by atoms with Crippen LogP contribution < -0.4 is 0 Å². The molecule has 12 rings (SSSR count). The summed E-state index contributed by atoms with van der Waals surface area (Å²) < 4.78 is 0. The zero-order valence-electron chi connectivity index (χ0n) is 26.7. The van der Waals surface area contributed by atoms with Crippen LogP contribution in [0, 0.1) is 0 Å². The molecule has 0 amide bonds. The molecule has 0 atom stereocenters. The quantitative estimate of drug-likeness (QED) is 0.161. The van der Waals surface area contributed by atoms with Gasteiger partial charge in [0, 0.05) is 0 Å². The Morgan fingerprint density at radius 3 is 1.63 bits per heavy atom. The number of rotatable bonds is 1. The van der Waals surface area contributed by atoms with Crippen LogP contribution in [-0.2, 0) is 5.41 Å². The summed E-state index contributed by atoms with van der Waals surface area (Å²) in [6.07, 6.45) is 0. The predicted molar refractivity (Wildman–Crippen MR) is 205 cm³/mol. The highest BCUT2D eigenvalue weighted by atomic mass is 14.5. The fourth-order valence-corrected chi connectivity index (χ4v) is 9.96. The average Bonchev–Trinajstić information content (AvgIpc) is 3.77. The van der Waals surface area contributed by atoms with E-state index in [0.717, 1.165) is 0 Å². The van der Waals surface area contributed by atoms with Crippen molar-refractivity contribution in [3.05, 3.63) is 192 Å². The molecule has 0 bridgehead atoms. The van der Waals surface area contributed by atoms with E-state index in [1.807, 2.05) is 0 Å². The van der Waals surface area contributed by atoms with E-state index in [-0.39, 0.29) is 5.41 Å². The van der Waals surface area contributed by atoms with Crippen molar-refractivity contribution in [1.29, 1.82) is 0 Å². The van der Waals surface area contributed by atoms with E-state index in [9.17, 15) is 0 Å². The zero-order chi connectivity index (χ0) is 31.8. The van der Waals surface area contributed by atoms with Crippen molar-refractivity contribution >= 4 is 32.3 Å².